The molecule has 2 atom stereocenters. The molecule has 8 heteroatoms. The summed E-state index contributed by atoms with van der Waals surface area (Å²) in [7, 11) is 3.82. The monoisotopic (exact) mass is 544 g/mol. The van der Waals surface area contributed by atoms with Crippen molar-refractivity contribution in [3.8, 4) is 5.75 Å². The van der Waals surface area contributed by atoms with Gasteiger partial charge in [-0.3, -0.25) is 14.6 Å². The number of amides is 3. The van der Waals surface area contributed by atoms with Crippen molar-refractivity contribution in [1.29, 1.82) is 0 Å². The van der Waals surface area contributed by atoms with Crippen LogP contribution in [0.3, 0.4) is 0 Å². The number of imide groups is 1. The van der Waals surface area contributed by atoms with E-state index in [9.17, 15) is 14.0 Å². The minimum atomic E-state index is -1.11. The molecular formula is C32H37FN4O3. The van der Waals surface area contributed by atoms with Gasteiger partial charge in [0.1, 0.15) is 17.1 Å². The third kappa shape index (κ3) is 5.16. The van der Waals surface area contributed by atoms with Crippen LogP contribution in [0.5, 0.6) is 5.75 Å². The molecule has 1 spiro atoms. The molecular weight excluding hydrogens is 507 g/mol. The zero-order chi connectivity index (χ0) is 28.6. The van der Waals surface area contributed by atoms with Crippen molar-refractivity contribution >= 4 is 29.0 Å². The molecule has 40 heavy (non-hydrogen) atoms. The van der Waals surface area contributed by atoms with E-state index in [1.807, 2.05) is 63.2 Å². The number of piperidine rings is 1. The molecule has 0 saturated carbocycles. The summed E-state index contributed by atoms with van der Waals surface area (Å²) in [4.78, 5) is 35.4. The van der Waals surface area contributed by atoms with E-state index in [4.69, 9.17) is 4.74 Å². The fourth-order valence-corrected chi connectivity index (χ4v) is 5.91. The Labute approximate surface area is 235 Å². The third-order valence-corrected chi connectivity index (χ3v) is 7.81. The van der Waals surface area contributed by atoms with Crippen LogP contribution >= 0.6 is 0 Å². The average Bonchev–Trinajstić information content (AvgIpc) is 3.11. The van der Waals surface area contributed by atoms with E-state index in [0.717, 1.165) is 17.0 Å². The Bertz CT molecular complexity index is 1410. The molecule has 5 rings (SSSR count). The first-order chi connectivity index (χ1) is 19.1. The van der Waals surface area contributed by atoms with Crippen LogP contribution in [0.4, 0.5) is 26.2 Å². The number of halogens is 1. The second-order valence-corrected chi connectivity index (χ2v) is 11.3. The Hall–Kier alpha value is -3.91. The molecule has 7 nitrogen and oxygen atoms in total. The fourth-order valence-electron chi connectivity index (χ4n) is 5.91. The van der Waals surface area contributed by atoms with Crippen LogP contribution in [0.1, 0.15) is 39.2 Å². The first-order valence-corrected chi connectivity index (χ1v) is 13.8. The van der Waals surface area contributed by atoms with Crippen LogP contribution in [0, 0.1) is 5.82 Å². The Balaban J connectivity index is 1.47. The molecule has 2 aliphatic rings. The molecule has 0 radical (unpaired) electrons. The normalized spacial score (nSPS) is 21.5. The lowest BCUT2D eigenvalue weighted by atomic mass is 9.81. The molecule has 1 unspecified atom stereocenters. The van der Waals surface area contributed by atoms with E-state index in [2.05, 4.69) is 24.0 Å². The van der Waals surface area contributed by atoms with Gasteiger partial charge in [-0.25, -0.2) is 14.1 Å². The number of hydrogen-bond donors (Lipinski definition) is 0. The predicted octanol–water partition coefficient (Wildman–Crippen LogP) is 6.08. The van der Waals surface area contributed by atoms with Crippen molar-refractivity contribution in [1.82, 2.24) is 4.90 Å². The van der Waals surface area contributed by atoms with E-state index in [1.165, 1.54) is 21.9 Å². The van der Waals surface area contributed by atoms with Crippen LogP contribution < -0.4 is 19.4 Å². The number of likely N-dealkylation sites (tertiary alicyclic amines) is 1. The van der Waals surface area contributed by atoms with Gasteiger partial charge < -0.3 is 9.64 Å². The summed E-state index contributed by atoms with van der Waals surface area (Å²) in [6.07, 6.45) is 0.954. The van der Waals surface area contributed by atoms with Gasteiger partial charge >= 0.3 is 6.03 Å². The van der Waals surface area contributed by atoms with Crippen molar-refractivity contribution < 1.29 is 18.7 Å². The van der Waals surface area contributed by atoms with E-state index in [1.54, 1.807) is 18.2 Å². The van der Waals surface area contributed by atoms with Crippen LogP contribution in [0.25, 0.3) is 0 Å². The third-order valence-electron chi connectivity index (χ3n) is 7.81. The molecule has 0 bridgehead atoms. The molecule has 0 aromatic heterocycles. The lowest BCUT2D eigenvalue weighted by molar-refractivity contribution is -0.123. The lowest BCUT2D eigenvalue weighted by Gasteiger charge is -2.45. The summed E-state index contributed by atoms with van der Waals surface area (Å²) in [5.74, 6) is 0.115. The first-order valence-electron chi connectivity index (χ1n) is 13.8. The van der Waals surface area contributed by atoms with Crippen LogP contribution in [0.15, 0.2) is 72.8 Å². The van der Waals surface area contributed by atoms with Gasteiger partial charge in [-0.15, -0.1) is 0 Å². The summed E-state index contributed by atoms with van der Waals surface area (Å²) < 4.78 is 20.3. The Morgan fingerprint density at radius 2 is 1.73 bits per heavy atom. The first kappa shape index (κ1) is 27.6. The fraction of sp³-hybridized carbons (Fsp3) is 0.375. The molecule has 3 aromatic rings. The Morgan fingerprint density at radius 3 is 2.42 bits per heavy atom. The van der Waals surface area contributed by atoms with Crippen molar-refractivity contribution in [3.05, 3.63) is 84.2 Å². The maximum Gasteiger partial charge on any atom is 0.336 e. The lowest BCUT2D eigenvalue weighted by Crippen LogP contribution is -2.59. The highest BCUT2D eigenvalue weighted by Gasteiger charge is 2.60. The SMILES string of the molecule is CC(C)Oc1cccc(CN2CCC3(C[C@@H]2C)C(=O)N(c2cccc(N(C)C)c2)C(=O)N3c2cccc(F)c2)c1. The maximum atomic E-state index is 14.4. The van der Waals surface area contributed by atoms with E-state index in [0.29, 0.717) is 37.3 Å². The van der Waals surface area contributed by atoms with Gasteiger partial charge in [-0.1, -0.05) is 24.3 Å². The van der Waals surface area contributed by atoms with Crippen molar-refractivity contribution in [2.75, 3.05) is 35.3 Å². The number of urea groups is 1. The smallest absolute Gasteiger partial charge is 0.336 e. The van der Waals surface area contributed by atoms with Crippen LogP contribution in [0.2, 0.25) is 0 Å². The molecule has 2 heterocycles. The highest BCUT2D eigenvalue weighted by molar-refractivity contribution is 6.30. The quantitative estimate of drug-likeness (QED) is 0.338. The van der Waals surface area contributed by atoms with E-state index in [-0.39, 0.29) is 18.1 Å². The highest BCUT2D eigenvalue weighted by Crippen LogP contribution is 2.44. The molecule has 0 N–H and O–H groups in total. The topological polar surface area (TPSA) is 56.3 Å². The average molecular weight is 545 g/mol. The number of carbonyl (C=O) groups excluding carboxylic acids is 2. The largest absolute Gasteiger partial charge is 0.491 e. The number of anilines is 3. The van der Waals surface area contributed by atoms with Crippen molar-refractivity contribution in [2.45, 2.75) is 57.8 Å². The predicted molar refractivity (Wildman–Crippen MR) is 157 cm³/mol. The molecule has 0 aliphatic carbocycles. The number of nitrogens with zero attached hydrogens (tertiary/aromatic N) is 4. The van der Waals surface area contributed by atoms with Gasteiger partial charge in [-0.2, -0.15) is 0 Å². The highest BCUT2D eigenvalue weighted by atomic mass is 19.1. The van der Waals surface area contributed by atoms with Crippen molar-refractivity contribution in [3.63, 3.8) is 0 Å². The van der Waals surface area contributed by atoms with Gasteiger partial charge in [0.15, 0.2) is 0 Å². The number of hydrogen-bond acceptors (Lipinski definition) is 5. The minimum absolute atomic E-state index is 0.00991. The number of benzene rings is 3. The van der Waals surface area contributed by atoms with Crippen LogP contribution in [-0.2, 0) is 11.3 Å². The molecule has 210 valence electrons. The number of ether oxygens (including phenoxy) is 1. The molecule has 3 amide bonds. The standard InChI is InChI=1S/C32H37FN4O3/c1-22(2)40-29-14-6-9-24(17-29)21-35-16-15-32(20-23(35)3)30(38)36(27-12-8-11-26(19-27)34(4)5)31(39)37(32)28-13-7-10-25(33)18-28/h6-14,17-19,22-23H,15-16,20-21H2,1-5H3/t23-,32?/m0/s1. The summed E-state index contributed by atoms with van der Waals surface area (Å²) in [5.41, 5.74) is 1.79. The van der Waals surface area contributed by atoms with Gasteiger partial charge in [0.05, 0.1) is 11.8 Å². The number of carbonyl (C=O) groups is 2. The zero-order valence-corrected chi connectivity index (χ0v) is 23.8. The van der Waals surface area contributed by atoms with Gasteiger partial charge in [0.25, 0.3) is 5.91 Å². The van der Waals surface area contributed by atoms with Gasteiger partial charge in [-0.05, 0) is 87.7 Å². The van der Waals surface area contributed by atoms with Gasteiger partial charge in [0.2, 0.25) is 0 Å². The van der Waals surface area contributed by atoms with E-state index < -0.39 is 17.4 Å². The Morgan fingerprint density at radius 1 is 1.00 bits per heavy atom. The minimum Gasteiger partial charge on any atom is -0.491 e. The van der Waals surface area contributed by atoms with Gasteiger partial charge in [0, 0.05) is 44.6 Å². The van der Waals surface area contributed by atoms with Crippen LogP contribution in [-0.4, -0.2) is 55.2 Å². The summed E-state index contributed by atoms with van der Waals surface area (Å²) in [6, 6.07) is 21.0. The second kappa shape index (κ2) is 10.9. The zero-order valence-electron chi connectivity index (χ0n) is 23.8. The van der Waals surface area contributed by atoms with E-state index >= 15 is 0 Å². The Kier molecular flexibility index (Phi) is 7.55. The number of rotatable bonds is 7. The molecule has 2 saturated heterocycles. The summed E-state index contributed by atoms with van der Waals surface area (Å²) >= 11 is 0. The summed E-state index contributed by atoms with van der Waals surface area (Å²) in [6.45, 7) is 7.40. The molecule has 2 aliphatic heterocycles. The summed E-state index contributed by atoms with van der Waals surface area (Å²) in [5, 5.41) is 0. The molecule has 3 aromatic carbocycles. The molecule has 2 fully saturated rings. The van der Waals surface area contributed by atoms with Crippen molar-refractivity contribution in [2.24, 2.45) is 0 Å². The maximum absolute atomic E-state index is 14.4. The second-order valence-electron chi connectivity index (χ2n) is 11.3.